The minimum absolute atomic E-state index is 0.0318. The Kier molecular flexibility index (Phi) is 4.97. The molecule has 3 aromatic rings. The highest BCUT2D eigenvalue weighted by atomic mass is 19.4. The van der Waals surface area contributed by atoms with E-state index in [0.29, 0.717) is 5.69 Å². The Morgan fingerprint density at radius 1 is 0.964 bits per heavy atom. The third kappa shape index (κ3) is 3.62. The summed E-state index contributed by atoms with van der Waals surface area (Å²) in [5, 5.41) is 2.42. The Labute approximate surface area is 157 Å². The number of carbonyl (C=O) groups is 1. The molecule has 0 saturated heterocycles. The Morgan fingerprint density at radius 3 is 2.29 bits per heavy atom. The number of anilines is 1. The van der Waals surface area contributed by atoms with Gasteiger partial charge in [0.25, 0.3) is 5.91 Å². The lowest BCUT2D eigenvalue weighted by Gasteiger charge is -2.16. The Morgan fingerprint density at radius 2 is 1.64 bits per heavy atom. The molecule has 28 heavy (non-hydrogen) atoms. The van der Waals surface area contributed by atoms with Crippen LogP contribution in [0.15, 0.2) is 48.5 Å². The number of halogens is 5. The van der Waals surface area contributed by atoms with E-state index in [1.807, 2.05) is 0 Å². The van der Waals surface area contributed by atoms with Crippen LogP contribution in [0, 0.1) is 25.5 Å². The quantitative estimate of drug-likeness (QED) is 0.573. The van der Waals surface area contributed by atoms with Crippen molar-refractivity contribution in [1.82, 2.24) is 4.57 Å². The molecule has 146 valence electrons. The highest BCUT2D eigenvalue weighted by molar-refractivity contribution is 6.05. The van der Waals surface area contributed by atoms with Crippen molar-refractivity contribution in [3.63, 3.8) is 0 Å². The molecule has 0 bridgehead atoms. The number of hydrogen-bond donors (Lipinski definition) is 1. The van der Waals surface area contributed by atoms with Crippen LogP contribution in [0.4, 0.5) is 27.6 Å². The van der Waals surface area contributed by atoms with Gasteiger partial charge in [-0.1, -0.05) is 12.1 Å². The van der Waals surface area contributed by atoms with Crippen LogP contribution in [-0.4, -0.2) is 10.5 Å². The Bertz CT molecular complexity index is 1050. The van der Waals surface area contributed by atoms with Gasteiger partial charge in [0.15, 0.2) is 11.6 Å². The molecule has 0 radical (unpaired) electrons. The number of amides is 1. The topological polar surface area (TPSA) is 34.0 Å². The molecule has 3 nitrogen and oxygen atoms in total. The SMILES string of the molecule is Cc1cc(C(=O)Nc2ccc(F)c(F)c2)c(C)n1-c1ccccc1C(F)(F)F. The van der Waals surface area contributed by atoms with Crippen LogP contribution >= 0.6 is 0 Å². The van der Waals surface area contributed by atoms with Gasteiger partial charge in [0.1, 0.15) is 0 Å². The van der Waals surface area contributed by atoms with E-state index in [4.69, 9.17) is 0 Å². The van der Waals surface area contributed by atoms with Gasteiger partial charge < -0.3 is 9.88 Å². The summed E-state index contributed by atoms with van der Waals surface area (Å²) < 4.78 is 67.8. The molecule has 0 atom stereocenters. The molecule has 0 unspecified atom stereocenters. The second-order valence-corrected chi connectivity index (χ2v) is 6.22. The van der Waals surface area contributed by atoms with Crippen molar-refractivity contribution in [2.24, 2.45) is 0 Å². The second kappa shape index (κ2) is 7.10. The monoisotopic (exact) mass is 394 g/mol. The van der Waals surface area contributed by atoms with Gasteiger partial charge in [0.05, 0.1) is 16.8 Å². The maximum atomic E-state index is 13.4. The van der Waals surface area contributed by atoms with E-state index in [0.717, 1.165) is 18.2 Å². The summed E-state index contributed by atoms with van der Waals surface area (Å²) in [6.45, 7) is 3.09. The molecule has 3 rings (SSSR count). The molecular weight excluding hydrogens is 379 g/mol. The predicted molar refractivity (Wildman–Crippen MR) is 94.6 cm³/mol. The van der Waals surface area contributed by atoms with Gasteiger partial charge in [-0.3, -0.25) is 4.79 Å². The first kappa shape index (κ1) is 19.6. The Hall–Kier alpha value is -3.16. The summed E-state index contributed by atoms with van der Waals surface area (Å²) in [7, 11) is 0. The summed E-state index contributed by atoms with van der Waals surface area (Å²) >= 11 is 0. The number of aromatic nitrogens is 1. The van der Waals surface area contributed by atoms with Gasteiger partial charge in [-0.2, -0.15) is 13.2 Å². The minimum Gasteiger partial charge on any atom is -0.322 e. The summed E-state index contributed by atoms with van der Waals surface area (Å²) in [5.41, 5.74) is -0.0660. The van der Waals surface area contributed by atoms with Crippen molar-refractivity contribution in [1.29, 1.82) is 0 Å². The fourth-order valence-corrected chi connectivity index (χ4v) is 3.04. The van der Waals surface area contributed by atoms with Gasteiger partial charge in [-0.25, -0.2) is 8.78 Å². The fourth-order valence-electron chi connectivity index (χ4n) is 3.04. The van der Waals surface area contributed by atoms with Crippen molar-refractivity contribution in [2.45, 2.75) is 20.0 Å². The molecule has 0 aliphatic carbocycles. The maximum Gasteiger partial charge on any atom is 0.418 e. The van der Waals surface area contributed by atoms with E-state index in [9.17, 15) is 26.7 Å². The van der Waals surface area contributed by atoms with Crippen LogP contribution in [0.3, 0.4) is 0 Å². The zero-order chi connectivity index (χ0) is 20.6. The van der Waals surface area contributed by atoms with Crippen LogP contribution in [-0.2, 0) is 6.18 Å². The molecule has 0 saturated carbocycles. The van der Waals surface area contributed by atoms with Crippen LogP contribution in [0.2, 0.25) is 0 Å². The van der Waals surface area contributed by atoms with Gasteiger partial charge in [0.2, 0.25) is 0 Å². The first-order valence-electron chi connectivity index (χ1n) is 8.21. The zero-order valence-electron chi connectivity index (χ0n) is 14.9. The van der Waals surface area contributed by atoms with Crippen LogP contribution in [0.5, 0.6) is 0 Å². The zero-order valence-corrected chi connectivity index (χ0v) is 14.9. The summed E-state index contributed by atoms with van der Waals surface area (Å²) in [4.78, 5) is 12.5. The number of carbonyl (C=O) groups excluding carboxylic acids is 1. The molecule has 1 heterocycles. The van der Waals surface area contributed by atoms with Gasteiger partial charge >= 0.3 is 6.18 Å². The van der Waals surface area contributed by atoms with Gasteiger partial charge in [-0.05, 0) is 44.2 Å². The maximum absolute atomic E-state index is 13.4. The average molecular weight is 394 g/mol. The molecule has 0 aliphatic rings. The van der Waals surface area contributed by atoms with E-state index < -0.39 is 29.3 Å². The summed E-state index contributed by atoms with van der Waals surface area (Å²) in [5.74, 6) is -2.82. The van der Waals surface area contributed by atoms with E-state index in [1.165, 1.54) is 41.8 Å². The molecule has 1 amide bonds. The average Bonchev–Trinajstić information content (AvgIpc) is 2.92. The standard InChI is InChI=1S/C20H15F5N2O/c1-11-9-14(19(28)26-13-7-8-16(21)17(22)10-13)12(2)27(11)18-6-4-3-5-15(18)20(23,24)25/h3-10H,1-2H3,(H,26,28). The number of nitrogens with zero attached hydrogens (tertiary/aromatic N) is 1. The Balaban J connectivity index is 2.01. The van der Waals surface area contributed by atoms with Gasteiger partial charge in [-0.15, -0.1) is 0 Å². The summed E-state index contributed by atoms with van der Waals surface area (Å²) in [6.07, 6.45) is -4.56. The molecule has 0 fully saturated rings. The number of nitrogens with one attached hydrogen (secondary N) is 1. The smallest absolute Gasteiger partial charge is 0.322 e. The summed E-state index contributed by atoms with van der Waals surface area (Å²) in [6, 6.07) is 9.38. The number of alkyl halides is 3. The number of aryl methyl sites for hydroxylation is 1. The number of hydrogen-bond acceptors (Lipinski definition) is 1. The predicted octanol–water partition coefficient (Wildman–Crippen LogP) is 5.64. The van der Waals surface area contributed by atoms with Crippen molar-refractivity contribution < 1.29 is 26.7 Å². The normalized spacial score (nSPS) is 11.5. The van der Waals surface area contributed by atoms with Gasteiger partial charge in [0, 0.05) is 23.1 Å². The highest BCUT2D eigenvalue weighted by Crippen LogP contribution is 2.35. The molecule has 8 heteroatoms. The lowest BCUT2D eigenvalue weighted by Crippen LogP contribution is -2.15. The number of rotatable bonds is 3. The van der Waals surface area contributed by atoms with Crippen molar-refractivity contribution in [3.05, 3.63) is 82.7 Å². The first-order valence-corrected chi connectivity index (χ1v) is 8.21. The molecule has 2 aromatic carbocycles. The minimum atomic E-state index is -4.56. The van der Waals surface area contributed by atoms with Crippen LogP contribution in [0.25, 0.3) is 5.69 Å². The van der Waals surface area contributed by atoms with E-state index in [2.05, 4.69) is 5.32 Å². The van der Waals surface area contributed by atoms with Crippen LogP contribution in [0.1, 0.15) is 27.3 Å². The largest absolute Gasteiger partial charge is 0.418 e. The third-order valence-corrected chi connectivity index (χ3v) is 4.30. The molecular formula is C20H15F5N2O. The number of benzene rings is 2. The first-order chi connectivity index (χ1) is 13.1. The third-order valence-electron chi connectivity index (χ3n) is 4.30. The lowest BCUT2D eigenvalue weighted by atomic mass is 10.1. The van der Waals surface area contributed by atoms with E-state index in [1.54, 1.807) is 6.92 Å². The lowest BCUT2D eigenvalue weighted by molar-refractivity contribution is -0.137. The van der Waals surface area contributed by atoms with Crippen LogP contribution < -0.4 is 5.32 Å². The number of para-hydroxylation sites is 1. The second-order valence-electron chi connectivity index (χ2n) is 6.22. The fraction of sp³-hybridized carbons (Fsp3) is 0.150. The molecule has 1 aromatic heterocycles. The highest BCUT2D eigenvalue weighted by Gasteiger charge is 2.34. The molecule has 0 aliphatic heterocycles. The van der Waals surface area contributed by atoms with Crippen molar-refractivity contribution in [3.8, 4) is 5.69 Å². The van der Waals surface area contributed by atoms with Crippen molar-refractivity contribution in [2.75, 3.05) is 5.32 Å². The van der Waals surface area contributed by atoms with E-state index in [-0.39, 0.29) is 22.6 Å². The molecule has 1 N–H and O–H groups in total. The molecule has 0 spiro atoms. The van der Waals surface area contributed by atoms with E-state index >= 15 is 0 Å². The van der Waals surface area contributed by atoms with Crippen molar-refractivity contribution >= 4 is 11.6 Å².